The molecular weight excluding hydrogens is 406 g/mol. The van der Waals surface area contributed by atoms with Crippen LogP contribution >= 0.6 is 11.3 Å². The summed E-state index contributed by atoms with van der Waals surface area (Å²) >= 11 is 1.55. The van der Waals surface area contributed by atoms with E-state index in [1.54, 1.807) is 41.7 Å². The molecule has 31 heavy (non-hydrogen) atoms. The summed E-state index contributed by atoms with van der Waals surface area (Å²) in [7, 11) is 0. The lowest BCUT2D eigenvalue weighted by atomic mass is 9.81. The maximum atomic E-state index is 13.7. The molecule has 0 fully saturated rings. The van der Waals surface area contributed by atoms with Gasteiger partial charge in [0.05, 0.1) is 23.2 Å². The van der Waals surface area contributed by atoms with Gasteiger partial charge in [0.25, 0.3) is 5.91 Å². The summed E-state index contributed by atoms with van der Waals surface area (Å²) in [5.74, 6) is -0.614. The van der Waals surface area contributed by atoms with Crippen molar-refractivity contribution in [1.82, 2.24) is 4.90 Å². The molecule has 0 saturated heterocycles. The van der Waals surface area contributed by atoms with Crippen LogP contribution in [0.4, 0.5) is 5.69 Å². The second kappa shape index (κ2) is 8.75. The number of benzene rings is 2. The highest BCUT2D eigenvalue weighted by Crippen LogP contribution is 2.45. The van der Waals surface area contributed by atoms with Crippen LogP contribution in [0.5, 0.6) is 0 Å². The van der Waals surface area contributed by atoms with Crippen molar-refractivity contribution in [3.8, 4) is 6.07 Å². The highest BCUT2D eigenvalue weighted by molar-refractivity contribution is 7.10. The lowest BCUT2D eigenvalue weighted by Gasteiger charge is -2.42. The third-order valence-corrected chi connectivity index (χ3v) is 6.37. The minimum atomic E-state index is -0.585. The summed E-state index contributed by atoms with van der Waals surface area (Å²) in [5, 5.41) is 14.3. The van der Waals surface area contributed by atoms with Gasteiger partial charge in [-0.25, -0.2) is 0 Å². The van der Waals surface area contributed by atoms with Crippen LogP contribution in [0.2, 0.25) is 0 Å². The van der Waals surface area contributed by atoms with Crippen molar-refractivity contribution in [2.45, 2.75) is 25.8 Å². The van der Waals surface area contributed by atoms with Gasteiger partial charge in [-0.1, -0.05) is 50.2 Å². The fraction of sp³-hybridized carbons (Fsp3) is 0.240. The lowest BCUT2D eigenvalue weighted by Crippen LogP contribution is -2.47. The number of fused-ring (bicyclic) bond motifs is 1. The number of rotatable bonds is 5. The van der Waals surface area contributed by atoms with E-state index in [1.807, 2.05) is 40.6 Å². The molecule has 2 atom stereocenters. The van der Waals surface area contributed by atoms with Crippen molar-refractivity contribution in [3.05, 3.63) is 87.6 Å². The number of carbonyl (C=O) groups is 2. The number of nitriles is 1. The number of nitrogens with one attached hydrogen (secondary N) is 1. The van der Waals surface area contributed by atoms with Gasteiger partial charge in [0.2, 0.25) is 5.91 Å². The minimum Gasteiger partial charge on any atom is -0.329 e. The van der Waals surface area contributed by atoms with Crippen molar-refractivity contribution in [2.24, 2.45) is 5.92 Å². The fourth-order valence-electron chi connectivity index (χ4n) is 4.15. The van der Waals surface area contributed by atoms with Gasteiger partial charge in [-0.05, 0) is 41.1 Å². The Morgan fingerprint density at radius 3 is 2.58 bits per heavy atom. The first kappa shape index (κ1) is 20.8. The SMILES string of the molecule is CC(C)CN1C(=O)c2ccccc2[C@@H](C(=O)Nc2ccccc2C#N)[C@H]1c1cccs1. The molecule has 3 aromatic rings. The number of nitrogens with zero attached hydrogens (tertiary/aromatic N) is 2. The van der Waals surface area contributed by atoms with Crippen molar-refractivity contribution < 1.29 is 9.59 Å². The summed E-state index contributed by atoms with van der Waals surface area (Å²) in [6.45, 7) is 4.68. The Kier molecular flexibility index (Phi) is 5.88. The first-order chi connectivity index (χ1) is 15.0. The van der Waals surface area contributed by atoms with E-state index in [1.165, 1.54) is 0 Å². The van der Waals surface area contributed by atoms with E-state index in [0.29, 0.717) is 23.4 Å². The monoisotopic (exact) mass is 429 g/mol. The van der Waals surface area contributed by atoms with E-state index in [0.717, 1.165) is 10.4 Å². The zero-order valence-corrected chi connectivity index (χ0v) is 18.2. The van der Waals surface area contributed by atoms with Crippen molar-refractivity contribution in [2.75, 3.05) is 11.9 Å². The van der Waals surface area contributed by atoms with E-state index in [4.69, 9.17) is 0 Å². The molecule has 1 aromatic heterocycles. The molecule has 156 valence electrons. The van der Waals surface area contributed by atoms with E-state index >= 15 is 0 Å². The molecular formula is C25H23N3O2S. The van der Waals surface area contributed by atoms with Crippen LogP contribution in [0.25, 0.3) is 0 Å². The smallest absolute Gasteiger partial charge is 0.254 e. The van der Waals surface area contributed by atoms with E-state index < -0.39 is 12.0 Å². The molecule has 0 aliphatic carbocycles. The molecule has 0 saturated carbocycles. The predicted octanol–water partition coefficient (Wildman–Crippen LogP) is 5.20. The number of amides is 2. The highest BCUT2D eigenvalue weighted by Gasteiger charge is 2.44. The minimum absolute atomic E-state index is 0.0517. The van der Waals surface area contributed by atoms with Crippen LogP contribution in [0.3, 0.4) is 0 Å². The Balaban J connectivity index is 1.83. The normalized spacial score (nSPS) is 17.9. The van der Waals surface area contributed by atoms with Crippen molar-refractivity contribution in [1.29, 1.82) is 5.26 Å². The number of anilines is 1. The number of thiophene rings is 1. The molecule has 2 heterocycles. The third-order valence-electron chi connectivity index (χ3n) is 5.42. The highest BCUT2D eigenvalue weighted by atomic mass is 32.1. The molecule has 1 aliphatic rings. The molecule has 0 spiro atoms. The Labute approximate surface area is 185 Å². The van der Waals surface area contributed by atoms with Gasteiger partial charge in [-0.15, -0.1) is 11.3 Å². The quantitative estimate of drug-likeness (QED) is 0.606. The predicted molar refractivity (Wildman–Crippen MR) is 122 cm³/mol. The zero-order valence-electron chi connectivity index (χ0n) is 17.4. The van der Waals surface area contributed by atoms with Gasteiger partial charge in [-0.2, -0.15) is 5.26 Å². The molecule has 5 nitrogen and oxygen atoms in total. The molecule has 1 N–H and O–H groups in total. The molecule has 1 aliphatic heterocycles. The zero-order chi connectivity index (χ0) is 22.0. The lowest BCUT2D eigenvalue weighted by molar-refractivity contribution is -0.119. The van der Waals surface area contributed by atoms with Gasteiger partial charge in [0, 0.05) is 17.0 Å². The average molecular weight is 430 g/mol. The van der Waals surface area contributed by atoms with Crippen LogP contribution in [0.1, 0.15) is 52.2 Å². The van der Waals surface area contributed by atoms with Gasteiger partial charge >= 0.3 is 0 Å². The molecule has 0 unspecified atom stereocenters. The van der Waals surface area contributed by atoms with Crippen LogP contribution in [0, 0.1) is 17.2 Å². The number of hydrogen-bond acceptors (Lipinski definition) is 4. The largest absolute Gasteiger partial charge is 0.329 e. The first-order valence-corrected chi connectivity index (χ1v) is 11.1. The van der Waals surface area contributed by atoms with E-state index in [9.17, 15) is 14.9 Å². The Hall–Kier alpha value is -3.43. The third kappa shape index (κ3) is 3.97. The molecule has 0 radical (unpaired) electrons. The fourth-order valence-corrected chi connectivity index (χ4v) is 5.02. The topological polar surface area (TPSA) is 73.2 Å². The standard InChI is InChI=1S/C25H23N3O2S/c1-16(2)15-28-23(21-12-7-13-31-21)22(18-9-4-5-10-19(18)25(28)30)24(29)27-20-11-6-3-8-17(20)14-26/h3-13,16,22-23H,15H2,1-2H3,(H,27,29)/t22-,23-/m1/s1. The maximum Gasteiger partial charge on any atom is 0.254 e. The number of carbonyl (C=O) groups excluding carboxylic acids is 2. The van der Waals surface area contributed by atoms with Gasteiger partial charge in [0.15, 0.2) is 0 Å². The average Bonchev–Trinajstić information content (AvgIpc) is 3.30. The molecule has 6 heteroatoms. The summed E-state index contributed by atoms with van der Waals surface area (Å²) in [4.78, 5) is 29.9. The molecule has 4 rings (SSSR count). The number of para-hydroxylation sites is 1. The Morgan fingerprint density at radius 2 is 1.87 bits per heavy atom. The summed E-state index contributed by atoms with van der Waals surface area (Å²) in [5.41, 5.74) is 2.16. The molecule has 2 amide bonds. The van der Waals surface area contributed by atoms with E-state index in [-0.39, 0.29) is 17.7 Å². The van der Waals surface area contributed by atoms with E-state index in [2.05, 4.69) is 25.2 Å². The van der Waals surface area contributed by atoms with Crippen molar-refractivity contribution in [3.63, 3.8) is 0 Å². The van der Waals surface area contributed by atoms with Gasteiger partial charge < -0.3 is 10.2 Å². The Bertz CT molecular complexity index is 1150. The summed E-state index contributed by atoms with van der Waals surface area (Å²) in [6, 6.07) is 19.9. The molecule has 2 aromatic carbocycles. The van der Waals surface area contributed by atoms with Crippen LogP contribution in [-0.2, 0) is 4.79 Å². The number of hydrogen-bond donors (Lipinski definition) is 1. The second-order valence-electron chi connectivity index (χ2n) is 8.02. The van der Waals surface area contributed by atoms with Gasteiger partial charge in [0.1, 0.15) is 6.07 Å². The van der Waals surface area contributed by atoms with Crippen molar-refractivity contribution >= 4 is 28.8 Å². The van der Waals surface area contributed by atoms with Crippen LogP contribution < -0.4 is 5.32 Å². The summed E-state index contributed by atoms with van der Waals surface area (Å²) in [6.07, 6.45) is 0. The summed E-state index contributed by atoms with van der Waals surface area (Å²) < 4.78 is 0. The van der Waals surface area contributed by atoms with Gasteiger partial charge in [-0.3, -0.25) is 9.59 Å². The first-order valence-electron chi connectivity index (χ1n) is 10.2. The second-order valence-corrected chi connectivity index (χ2v) is 9.00. The van der Waals surface area contributed by atoms with Crippen LogP contribution in [-0.4, -0.2) is 23.3 Å². The van der Waals surface area contributed by atoms with Crippen LogP contribution in [0.15, 0.2) is 66.0 Å². The maximum absolute atomic E-state index is 13.7. The molecule has 0 bridgehead atoms. The Morgan fingerprint density at radius 1 is 1.13 bits per heavy atom.